The molecule has 5 nitrogen and oxygen atoms in total. The zero-order valence-corrected chi connectivity index (χ0v) is 12.5. The maximum Gasteiger partial charge on any atom is 0.316 e. The van der Waals surface area contributed by atoms with Crippen LogP contribution < -0.4 is 4.74 Å². The largest absolute Gasteiger partial charge is 0.459 e. The number of hydrogen-bond donors (Lipinski definition) is 0. The first-order valence-corrected chi connectivity index (χ1v) is 8.03. The van der Waals surface area contributed by atoms with E-state index in [0.717, 1.165) is 10.0 Å². The van der Waals surface area contributed by atoms with Crippen molar-refractivity contribution in [2.24, 2.45) is 0 Å². The second-order valence-electron chi connectivity index (χ2n) is 3.89. The molecule has 2 rings (SSSR count). The van der Waals surface area contributed by atoms with Crippen LogP contribution in [0.2, 0.25) is 0 Å². The zero-order chi connectivity index (χ0) is 13.9. The van der Waals surface area contributed by atoms with E-state index in [-0.39, 0.29) is 17.5 Å². The van der Waals surface area contributed by atoms with Gasteiger partial charge in [0, 0.05) is 18.6 Å². The summed E-state index contributed by atoms with van der Waals surface area (Å²) in [7, 11) is -3.16. The number of aromatic nitrogens is 2. The van der Waals surface area contributed by atoms with E-state index in [4.69, 9.17) is 4.74 Å². The van der Waals surface area contributed by atoms with E-state index in [1.54, 1.807) is 36.7 Å². The summed E-state index contributed by atoms with van der Waals surface area (Å²) in [6, 6.07) is 6.78. The molecule has 0 saturated heterocycles. The Labute approximate surface area is 119 Å². The fourth-order valence-corrected chi connectivity index (χ4v) is 2.19. The van der Waals surface area contributed by atoms with E-state index in [0.29, 0.717) is 0 Å². The van der Waals surface area contributed by atoms with Gasteiger partial charge in [-0.1, -0.05) is 12.1 Å². The van der Waals surface area contributed by atoms with E-state index in [1.807, 2.05) is 0 Å². The first kappa shape index (κ1) is 14.0. The van der Waals surface area contributed by atoms with Crippen LogP contribution >= 0.6 is 15.9 Å². The predicted molar refractivity (Wildman–Crippen MR) is 73.6 cm³/mol. The molecular formula is C12H11BrN2O3S. The van der Waals surface area contributed by atoms with Crippen LogP contribution in [0.4, 0.5) is 0 Å². The molecule has 1 aromatic carbocycles. The van der Waals surface area contributed by atoms with Crippen LogP contribution in [-0.2, 0) is 16.4 Å². The Kier molecular flexibility index (Phi) is 4.16. The van der Waals surface area contributed by atoms with Gasteiger partial charge in [0.15, 0.2) is 9.84 Å². The SMILES string of the molecule is CS(=O)(=O)c1ccc(COc2ncc(Br)cn2)cc1. The van der Waals surface area contributed by atoms with Crippen molar-refractivity contribution >= 4 is 25.8 Å². The normalized spacial score (nSPS) is 11.3. The Morgan fingerprint density at radius 1 is 1.16 bits per heavy atom. The van der Waals surface area contributed by atoms with Crippen molar-refractivity contribution in [3.63, 3.8) is 0 Å². The van der Waals surface area contributed by atoms with Crippen molar-refractivity contribution in [1.29, 1.82) is 0 Å². The molecule has 0 unspecified atom stereocenters. The molecule has 0 aliphatic rings. The third-order valence-corrected chi connectivity index (χ3v) is 3.85. The first-order valence-electron chi connectivity index (χ1n) is 5.34. The number of ether oxygens (including phenoxy) is 1. The Bertz CT molecular complexity index is 654. The number of halogens is 1. The highest BCUT2D eigenvalue weighted by atomic mass is 79.9. The van der Waals surface area contributed by atoms with E-state index in [1.165, 1.54) is 6.26 Å². The van der Waals surface area contributed by atoms with Crippen molar-refractivity contribution in [3.8, 4) is 6.01 Å². The average molecular weight is 343 g/mol. The van der Waals surface area contributed by atoms with Gasteiger partial charge in [0.2, 0.25) is 0 Å². The lowest BCUT2D eigenvalue weighted by Gasteiger charge is -2.05. The molecule has 0 atom stereocenters. The summed E-state index contributed by atoms with van der Waals surface area (Å²) in [6.07, 6.45) is 4.36. The van der Waals surface area contributed by atoms with Gasteiger partial charge in [-0.15, -0.1) is 0 Å². The smallest absolute Gasteiger partial charge is 0.316 e. The summed E-state index contributed by atoms with van der Waals surface area (Å²) in [5.74, 6) is 0. The zero-order valence-electron chi connectivity index (χ0n) is 10.1. The summed E-state index contributed by atoms with van der Waals surface area (Å²) in [5, 5.41) is 0. The molecule has 0 spiro atoms. The molecule has 0 saturated carbocycles. The predicted octanol–water partition coefficient (Wildman–Crippen LogP) is 2.22. The van der Waals surface area contributed by atoms with E-state index >= 15 is 0 Å². The summed E-state index contributed by atoms with van der Waals surface area (Å²) >= 11 is 3.23. The first-order chi connectivity index (χ1) is 8.95. The van der Waals surface area contributed by atoms with Crippen molar-refractivity contribution in [2.45, 2.75) is 11.5 Å². The van der Waals surface area contributed by atoms with E-state index in [2.05, 4.69) is 25.9 Å². The summed E-state index contributed by atoms with van der Waals surface area (Å²) < 4.78 is 28.8. The summed E-state index contributed by atoms with van der Waals surface area (Å²) in [5.41, 5.74) is 0.846. The van der Waals surface area contributed by atoms with Crippen LogP contribution in [0.25, 0.3) is 0 Å². The molecule has 0 amide bonds. The van der Waals surface area contributed by atoms with E-state index < -0.39 is 9.84 Å². The Morgan fingerprint density at radius 3 is 2.26 bits per heavy atom. The Hall–Kier alpha value is -1.47. The molecular weight excluding hydrogens is 332 g/mol. The summed E-state index contributed by atoms with van der Waals surface area (Å²) in [4.78, 5) is 8.24. The Balaban J connectivity index is 2.02. The molecule has 100 valence electrons. The van der Waals surface area contributed by atoms with Crippen LogP contribution in [-0.4, -0.2) is 24.6 Å². The van der Waals surface area contributed by atoms with Crippen LogP contribution in [0.15, 0.2) is 46.0 Å². The van der Waals surface area contributed by atoms with Crippen molar-refractivity contribution in [1.82, 2.24) is 9.97 Å². The summed E-state index contributed by atoms with van der Waals surface area (Å²) in [6.45, 7) is 0.283. The van der Waals surface area contributed by atoms with Gasteiger partial charge in [-0.2, -0.15) is 0 Å². The minimum Gasteiger partial charge on any atom is -0.459 e. The highest BCUT2D eigenvalue weighted by Crippen LogP contribution is 2.13. The monoisotopic (exact) mass is 342 g/mol. The number of hydrogen-bond acceptors (Lipinski definition) is 5. The number of nitrogens with zero attached hydrogens (tertiary/aromatic N) is 2. The van der Waals surface area contributed by atoms with Crippen LogP contribution in [0, 0.1) is 0 Å². The lowest BCUT2D eigenvalue weighted by molar-refractivity contribution is 0.280. The number of rotatable bonds is 4. The van der Waals surface area contributed by atoms with Gasteiger partial charge in [0.1, 0.15) is 6.61 Å². The topological polar surface area (TPSA) is 69.2 Å². The standard InChI is InChI=1S/C12H11BrN2O3S/c1-19(16,17)11-4-2-9(3-5-11)8-18-12-14-6-10(13)7-15-12/h2-7H,8H2,1H3. The van der Waals surface area contributed by atoms with Crippen molar-refractivity contribution in [3.05, 3.63) is 46.7 Å². The quantitative estimate of drug-likeness (QED) is 0.851. The second-order valence-corrected chi connectivity index (χ2v) is 6.82. The van der Waals surface area contributed by atoms with Gasteiger partial charge >= 0.3 is 6.01 Å². The number of benzene rings is 1. The van der Waals surface area contributed by atoms with E-state index in [9.17, 15) is 8.42 Å². The van der Waals surface area contributed by atoms with Crippen LogP contribution in [0.1, 0.15) is 5.56 Å². The third kappa shape index (κ3) is 4.00. The van der Waals surface area contributed by atoms with Gasteiger partial charge < -0.3 is 4.74 Å². The lowest BCUT2D eigenvalue weighted by Crippen LogP contribution is -2.01. The third-order valence-electron chi connectivity index (χ3n) is 2.32. The Morgan fingerprint density at radius 2 is 1.74 bits per heavy atom. The van der Waals surface area contributed by atoms with Gasteiger partial charge in [-0.05, 0) is 33.6 Å². The molecule has 19 heavy (non-hydrogen) atoms. The number of sulfone groups is 1. The molecule has 0 aliphatic carbocycles. The molecule has 1 aromatic heterocycles. The van der Waals surface area contributed by atoms with Gasteiger partial charge in [-0.25, -0.2) is 18.4 Å². The van der Waals surface area contributed by atoms with Crippen molar-refractivity contribution in [2.75, 3.05) is 6.26 Å². The molecule has 0 N–H and O–H groups in total. The molecule has 0 fully saturated rings. The fraction of sp³-hybridized carbons (Fsp3) is 0.167. The molecule has 7 heteroatoms. The van der Waals surface area contributed by atoms with Gasteiger partial charge in [-0.3, -0.25) is 0 Å². The van der Waals surface area contributed by atoms with Crippen LogP contribution in [0.5, 0.6) is 6.01 Å². The highest BCUT2D eigenvalue weighted by molar-refractivity contribution is 9.10. The average Bonchev–Trinajstić information content (AvgIpc) is 2.37. The maximum atomic E-state index is 11.3. The maximum absolute atomic E-state index is 11.3. The lowest BCUT2D eigenvalue weighted by atomic mass is 10.2. The van der Waals surface area contributed by atoms with Gasteiger partial charge in [0.05, 0.1) is 9.37 Å². The molecule has 1 heterocycles. The second kappa shape index (κ2) is 5.66. The fourth-order valence-electron chi connectivity index (χ4n) is 1.36. The van der Waals surface area contributed by atoms with Crippen LogP contribution in [0.3, 0.4) is 0 Å². The van der Waals surface area contributed by atoms with Gasteiger partial charge in [0.25, 0.3) is 0 Å². The molecule has 2 aromatic rings. The highest BCUT2D eigenvalue weighted by Gasteiger charge is 2.06. The minimum absolute atomic E-state index is 0.274. The minimum atomic E-state index is -3.16. The molecule has 0 radical (unpaired) electrons. The van der Waals surface area contributed by atoms with Crippen molar-refractivity contribution < 1.29 is 13.2 Å². The molecule has 0 bridgehead atoms. The molecule has 0 aliphatic heterocycles.